The van der Waals surface area contributed by atoms with E-state index in [2.05, 4.69) is 25.8 Å². The molecule has 0 amide bonds. The van der Waals surface area contributed by atoms with Gasteiger partial charge < -0.3 is 4.98 Å². The molecule has 0 aliphatic heterocycles. The molecule has 1 N–H and O–H groups in total. The van der Waals surface area contributed by atoms with Gasteiger partial charge in [-0.25, -0.2) is 0 Å². The summed E-state index contributed by atoms with van der Waals surface area (Å²) in [5, 5.41) is 0. The summed E-state index contributed by atoms with van der Waals surface area (Å²) in [6.45, 7) is 6.54. The molecule has 2 nitrogen and oxygen atoms in total. The standard InChI is InChI=1S/C10H15NO/c1-10(2,3)6-8-4-5-9(12)11-7-8/h4-5,7H,6H2,1-3H3,(H,11,12). The van der Waals surface area contributed by atoms with Crippen molar-refractivity contribution in [2.75, 3.05) is 0 Å². The summed E-state index contributed by atoms with van der Waals surface area (Å²) in [7, 11) is 0. The van der Waals surface area contributed by atoms with E-state index in [4.69, 9.17) is 0 Å². The fraction of sp³-hybridized carbons (Fsp3) is 0.500. The quantitative estimate of drug-likeness (QED) is 0.678. The van der Waals surface area contributed by atoms with Crippen LogP contribution < -0.4 is 5.56 Å². The summed E-state index contributed by atoms with van der Waals surface area (Å²) >= 11 is 0. The minimum absolute atomic E-state index is 0.0346. The van der Waals surface area contributed by atoms with Gasteiger partial charge in [-0.2, -0.15) is 0 Å². The highest BCUT2D eigenvalue weighted by atomic mass is 16.1. The highest BCUT2D eigenvalue weighted by Gasteiger charge is 2.10. The molecule has 2 heteroatoms. The van der Waals surface area contributed by atoms with Gasteiger partial charge in [0.05, 0.1) is 0 Å². The Kier molecular flexibility index (Phi) is 2.36. The molecule has 0 atom stereocenters. The van der Waals surface area contributed by atoms with Crippen LogP contribution in [-0.4, -0.2) is 4.98 Å². The van der Waals surface area contributed by atoms with Crippen molar-refractivity contribution in [2.24, 2.45) is 5.41 Å². The Morgan fingerprint density at radius 1 is 1.33 bits per heavy atom. The predicted octanol–water partition coefficient (Wildman–Crippen LogP) is 1.96. The van der Waals surface area contributed by atoms with E-state index in [1.807, 2.05) is 6.07 Å². The Hall–Kier alpha value is -1.05. The van der Waals surface area contributed by atoms with E-state index in [-0.39, 0.29) is 11.0 Å². The summed E-state index contributed by atoms with van der Waals surface area (Å²) < 4.78 is 0. The molecule has 0 bridgehead atoms. The normalized spacial score (nSPS) is 11.6. The molecule has 1 aromatic rings. The molecular weight excluding hydrogens is 150 g/mol. The predicted molar refractivity (Wildman–Crippen MR) is 50.2 cm³/mol. The number of H-pyrrole nitrogens is 1. The second kappa shape index (κ2) is 3.13. The third-order valence-corrected chi connectivity index (χ3v) is 1.58. The van der Waals surface area contributed by atoms with Crippen LogP contribution in [-0.2, 0) is 6.42 Å². The van der Waals surface area contributed by atoms with Gasteiger partial charge in [0.15, 0.2) is 0 Å². The zero-order chi connectivity index (χ0) is 9.19. The number of rotatable bonds is 1. The molecule has 0 saturated carbocycles. The molecule has 0 unspecified atom stereocenters. The maximum atomic E-state index is 10.7. The van der Waals surface area contributed by atoms with Crippen molar-refractivity contribution in [1.29, 1.82) is 0 Å². The van der Waals surface area contributed by atoms with Crippen LogP contribution in [0.25, 0.3) is 0 Å². The van der Waals surface area contributed by atoms with E-state index in [1.54, 1.807) is 12.3 Å². The lowest BCUT2D eigenvalue weighted by Crippen LogP contribution is -2.11. The average Bonchev–Trinajstić information content (AvgIpc) is 1.91. The van der Waals surface area contributed by atoms with E-state index >= 15 is 0 Å². The maximum Gasteiger partial charge on any atom is 0.247 e. The number of pyridine rings is 1. The van der Waals surface area contributed by atoms with Crippen LogP contribution >= 0.6 is 0 Å². The number of nitrogens with one attached hydrogen (secondary N) is 1. The highest BCUT2D eigenvalue weighted by molar-refractivity contribution is 5.10. The Morgan fingerprint density at radius 3 is 2.42 bits per heavy atom. The van der Waals surface area contributed by atoms with E-state index in [1.165, 1.54) is 5.56 Å². The van der Waals surface area contributed by atoms with Gasteiger partial charge in [-0.15, -0.1) is 0 Å². The summed E-state index contributed by atoms with van der Waals surface area (Å²) in [6.07, 6.45) is 2.78. The Bertz CT molecular complexity index is 286. The van der Waals surface area contributed by atoms with Crippen LogP contribution in [0.5, 0.6) is 0 Å². The fourth-order valence-corrected chi connectivity index (χ4v) is 1.17. The van der Waals surface area contributed by atoms with Gasteiger partial charge in [-0.3, -0.25) is 4.79 Å². The summed E-state index contributed by atoms with van der Waals surface area (Å²) in [5.41, 5.74) is 1.42. The molecule has 0 radical (unpaired) electrons. The van der Waals surface area contributed by atoms with Crippen LogP contribution in [0.15, 0.2) is 23.1 Å². The third kappa shape index (κ3) is 2.91. The van der Waals surface area contributed by atoms with Gasteiger partial charge >= 0.3 is 0 Å². The van der Waals surface area contributed by atoms with Gasteiger partial charge in [-0.1, -0.05) is 26.8 Å². The molecule has 0 spiro atoms. The molecule has 1 rings (SSSR count). The first-order valence-electron chi connectivity index (χ1n) is 4.15. The van der Waals surface area contributed by atoms with E-state index in [0.29, 0.717) is 0 Å². The topological polar surface area (TPSA) is 32.9 Å². The van der Waals surface area contributed by atoms with Crippen molar-refractivity contribution < 1.29 is 0 Å². The molecular formula is C10H15NO. The monoisotopic (exact) mass is 165 g/mol. The van der Waals surface area contributed by atoms with E-state index in [0.717, 1.165) is 6.42 Å². The Labute approximate surface area is 72.6 Å². The van der Waals surface area contributed by atoms with Gasteiger partial charge in [0.2, 0.25) is 5.56 Å². The summed E-state index contributed by atoms with van der Waals surface area (Å²) in [5.74, 6) is 0. The molecule has 1 heterocycles. The van der Waals surface area contributed by atoms with Crippen LogP contribution in [0.3, 0.4) is 0 Å². The second-order valence-corrected chi connectivity index (χ2v) is 4.30. The lowest BCUT2D eigenvalue weighted by atomic mass is 9.89. The van der Waals surface area contributed by atoms with Gasteiger partial charge in [0, 0.05) is 12.3 Å². The zero-order valence-corrected chi connectivity index (χ0v) is 7.85. The molecule has 0 saturated heterocycles. The van der Waals surface area contributed by atoms with Crippen molar-refractivity contribution in [3.63, 3.8) is 0 Å². The summed E-state index contributed by atoms with van der Waals surface area (Å²) in [4.78, 5) is 13.4. The number of hydrogen-bond donors (Lipinski definition) is 1. The van der Waals surface area contributed by atoms with E-state index in [9.17, 15) is 4.79 Å². The van der Waals surface area contributed by atoms with Crippen LogP contribution in [0.1, 0.15) is 26.3 Å². The maximum absolute atomic E-state index is 10.7. The van der Waals surface area contributed by atoms with Crippen LogP contribution in [0.4, 0.5) is 0 Å². The number of aromatic nitrogens is 1. The zero-order valence-electron chi connectivity index (χ0n) is 7.85. The smallest absolute Gasteiger partial charge is 0.247 e. The van der Waals surface area contributed by atoms with Crippen molar-refractivity contribution in [2.45, 2.75) is 27.2 Å². The number of aromatic amines is 1. The molecule has 0 aliphatic carbocycles. The minimum Gasteiger partial charge on any atom is -0.329 e. The Morgan fingerprint density at radius 2 is 2.00 bits per heavy atom. The van der Waals surface area contributed by atoms with E-state index < -0.39 is 0 Å². The molecule has 0 fully saturated rings. The van der Waals surface area contributed by atoms with Crippen molar-refractivity contribution in [3.8, 4) is 0 Å². The molecule has 0 aliphatic rings. The number of hydrogen-bond acceptors (Lipinski definition) is 1. The summed E-state index contributed by atoms with van der Waals surface area (Å²) in [6, 6.07) is 3.45. The molecule has 1 aromatic heterocycles. The third-order valence-electron chi connectivity index (χ3n) is 1.58. The molecule has 66 valence electrons. The first-order chi connectivity index (χ1) is 5.47. The lowest BCUT2D eigenvalue weighted by Gasteiger charge is -2.17. The fourth-order valence-electron chi connectivity index (χ4n) is 1.17. The molecule has 12 heavy (non-hydrogen) atoms. The van der Waals surface area contributed by atoms with Crippen molar-refractivity contribution in [1.82, 2.24) is 4.98 Å². The Balaban J connectivity index is 2.78. The van der Waals surface area contributed by atoms with Crippen LogP contribution in [0, 0.1) is 5.41 Å². The molecule has 0 aromatic carbocycles. The van der Waals surface area contributed by atoms with Crippen molar-refractivity contribution in [3.05, 3.63) is 34.2 Å². The highest BCUT2D eigenvalue weighted by Crippen LogP contribution is 2.18. The largest absolute Gasteiger partial charge is 0.329 e. The van der Waals surface area contributed by atoms with Gasteiger partial charge in [0.25, 0.3) is 0 Å². The minimum atomic E-state index is -0.0346. The first kappa shape index (κ1) is 9.04. The lowest BCUT2D eigenvalue weighted by molar-refractivity contribution is 0.410. The van der Waals surface area contributed by atoms with Crippen molar-refractivity contribution >= 4 is 0 Å². The van der Waals surface area contributed by atoms with Crippen LogP contribution in [0.2, 0.25) is 0 Å². The first-order valence-corrected chi connectivity index (χ1v) is 4.15. The van der Waals surface area contributed by atoms with Gasteiger partial charge in [-0.05, 0) is 17.4 Å². The second-order valence-electron chi connectivity index (χ2n) is 4.30. The average molecular weight is 165 g/mol. The SMILES string of the molecule is CC(C)(C)Cc1ccc(=O)[nH]c1. The van der Waals surface area contributed by atoms with Gasteiger partial charge in [0.1, 0.15) is 0 Å².